The van der Waals surface area contributed by atoms with Crippen molar-refractivity contribution in [2.24, 2.45) is 5.92 Å². The van der Waals surface area contributed by atoms with E-state index in [1.807, 2.05) is 5.57 Å². The van der Waals surface area contributed by atoms with Crippen molar-refractivity contribution in [3.8, 4) is 0 Å². The maximum Gasteiger partial charge on any atom is -0.0203 e. The minimum Gasteiger partial charge on any atom is -0.0851 e. The van der Waals surface area contributed by atoms with Gasteiger partial charge in [-0.3, -0.25) is 0 Å². The van der Waals surface area contributed by atoms with Crippen LogP contribution in [0.3, 0.4) is 0 Å². The van der Waals surface area contributed by atoms with Crippen molar-refractivity contribution in [2.45, 2.75) is 51.4 Å². The first kappa shape index (κ1) is 7.39. The lowest BCUT2D eigenvalue weighted by atomic mass is 9.85. The number of hydrogen-bond donors (Lipinski definition) is 0. The molecule has 0 bridgehead atoms. The van der Waals surface area contributed by atoms with Gasteiger partial charge in [0.05, 0.1) is 0 Å². The topological polar surface area (TPSA) is 0 Å². The molecule has 2 rings (SSSR count). The lowest BCUT2D eigenvalue weighted by Crippen LogP contribution is -2.06. The van der Waals surface area contributed by atoms with E-state index in [0.717, 1.165) is 5.92 Å². The van der Waals surface area contributed by atoms with E-state index >= 15 is 0 Å². The van der Waals surface area contributed by atoms with E-state index in [4.69, 9.17) is 0 Å². The normalized spacial score (nSPS) is 32.0. The largest absolute Gasteiger partial charge is 0.0851 e. The molecule has 0 aromatic carbocycles. The standard InChI is InChI=1S/C11H18/c1-2-6-10-8-4-5-9-11(10)7-3-1/h8,11H,1-7,9H2/t11-/m0/s1. The Bertz CT molecular complexity index is 155. The average molecular weight is 150 g/mol. The van der Waals surface area contributed by atoms with Gasteiger partial charge in [-0.15, -0.1) is 0 Å². The minimum atomic E-state index is 1.01. The molecule has 0 spiro atoms. The van der Waals surface area contributed by atoms with Gasteiger partial charge in [-0.1, -0.05) is 24.5 Å². The average Bonchev–Trinajstić information content (AvgIpc) is 2.28. The van der Waals surface area contributed by atoms with E-state index in [9.17, 15) is 0 Å². The summed E-state index contributed by atoms with van der Waals surface area (Å²) in [6, 6.07) is 0. The lowest BCUT2D eigenvalue weighted by molar-refractivity contribution is 0.473. The van der Waals surface area contributed by atoms with Crippen LogP contribution in [-0.2, 0) is 0 Å². The molecule has 1 fully saturated rings. The van der Waals surface area contributed by atoms with Crippen molar-refractivity contribution in [2.75, 3.05) is 0 Å². The minimum absolute atomic E-state index is 1.01. The molecular formula is C11H18. The Labute approximate surface area is 69.7 Å². The summed E-state index contributed by atoms with van der Waals surface area (Å²) in [5.74, 6) is 1.01. The molecule has 0 aliphatic heterocycles. The summed E-state index contributed by atoms with van der Waals surface area (Å²) in [5.41, 5.74) is 1.81. The first-order chi connectivity index (χ1) is 5.47. The highest BCUT2D eigenvalue weighted by Gasteiger charge is 2.18. The Hall–Kier alpha value is -0.260. The Balaban J connectivity index is 2.07. The van der Waals surface area contributed by atoms with Crippen LogP contribution < -0.4 is 0 Å². The van der Waals surface area contributed by atoms with Crippen molar-refractivity contribution in [3.05, 3.63) is 11.6 Å². The number of fused-ring (bicyclic) bond motifs is 1. The second kappa shape index (κ2) is 3.42. The van der Waals surface area contributed by atoms with E-state index in [1.165, 1.54) is 51.4 Å². The molecule has 1 saturated carbocycles. The number of allylic oxidation sites excluding steroid dienone is 2. The van der Waals surface area contributed by atoms with Gasteiger partial charge in [0.15, 0.2) is 0 Å². The first-order valence-corrected chi connectivity index (χ1v) is 5.16. The third-order valence-electron chi connectivity index (χ3n) is 3.21. The van der Waals surface area contributed by atoms with Crippen molar-refractivity contribution in [1.82, 2.24) is 0 Å². The van der Waals surface area contributed by atoms with Gasteiger partial charge in [0, 0.05) is 0 Å². The van der Waals surface area contributed by atoms with E-state index in [2.05, 4.69) is 6.08 Å². The van der Waals surface area contributed by atoms with Crippen molar-refractivity contribution < 1.29 is 0 Å². The van der Waals surface area contributed by atoms with Gasteiger partial charge in [-0.25, -0.2) is 0 Å². The molecule has 0 saturated heterocycles. The van der Waals surface area contributed by atoms with Gasteiger partial charge in [-0.2, -0.15) is 0 Å². The van der Waals surface area contributed by atoms with Gasteiger partial charge in [0.25, 0.3) is 0 Å². The van der Waals surface area contributed by atoms with Gasteiger partial charge >= 0.3 is 0 Å². The quantitative estimate of drug-likeness (QED) is 0.462. The third-order valence-corrected chi connectivity index (χ3v) is 3.21. The lowest BCUT2D eigenvalue weighted by Gasteiger charge is -2.21. The van der Waals surface area contributed by atoms with E-state index in [1.54, 1.807) is 0 Å². The molecular weight excluding hydrogens is 132 g/mol. The van der Waals surface area contributed by atoms with Crippen LogP contribution in [0.4, 0.5) is 0 Å². The fraction of sp³-hybridized carbons (Fsp3) is 0.818. The van der Waals surface area contributed by atoms with Crippen LogP contribution in [0.15, 0.2) is 11.6 Å². The number of rotatable bonds is 0. The molecule has 11 heavy (non-hydrogen) atoms. The van der Waals surface area contributed by atoms with Crippen LogP contribution in [0, 0.1) is 5.92 Å². The Kier molecular flexibility index (Phi) is 2.30. The summed E-state index contributed by atoms with van der Waals surface area (Å²) in [5, 5.41) is 0. The summed E-state index contributed by atoms with van der Waals surface area (Å²) >= 11 is 0. The van der Waals surface area contributed by atoms with Crippen LogP contribution in [0.1, 0.15) is 51.4 Å². The number of hydrogen-bond acceptors (Lipinski definition) is 0. The van der Waals surface area contributed by atoms with Gasteiger partial charge < -0.3 is 0 Å². The summed E-state index contributed by atoms with van der Waals surface area (Å²) in [4.78, 5) is 0. The zero-order valence-electron chi connectivity index (χ0n) is 7.31. The molecule has 0 amide bonds. The summed E-state index contributed by atoms with van der Waals surface area (Å²) < 4.78 is 0. The van der Waals surface area contributed by atoms with E-state index in [-0.39, 0.29) is 0 Å². The Morgan fingerprint density at radius 2 is 1.91 bits per heavy atom. The second-order valence-corrected chi connectivity index (χ2v) is 4.01. The molecule has 0 heteroatoms. The zero-order valence-corrected chi connectivity index (χ0v) is 7.31. The SMILES string of the molecule is C1=C2CCCCC[C@H]2CCC1. The van der Waals surface area contributed by atoms with Crippen LogP contribution >= 0.6 is 0 Å². The molecule has 0 aromatic rings. The highest BCUT2D eigenvalue weighted by Crippen LogP contribution is 2.34. The molecule has 0 heterocycles. The van der Waals surface area contributed by atoms with E-state index < -0.39 is 0 Å². The zero-order chi connectivity index (χ0) is 7.52. The molecule has 2 aliphatic rings. The molecule has 62 valence electrons. The monoisotopic (exact) mass is 150 g/mol. The summed E-state index contributed by atoms with van der Waals surface area (Å²) in [6.45, 7) is 0. The Morgan fingerprint density at radius 3 is 2.91 bits per heavy atom. The Morgan fingerprint density at radius 1 is 1.00 bits per heavy atom. The fourth-order valence-corrected chi connectivity index (χ4v) is 2.54. The smallest absolute Gasteiger partial charge is 0.0203 e. The van der Waals surface area contributed by atoms with Crippen molar-refractivity contribution >= 4 is 0 Å². The van der Waals surface area contributed by atoms with Crippen molar-refractivity contribution in [1.29, 1.82) is 0 Å². The maximum absolute atomic E-state index is 2.53. The van der Waals surface area contributed by atoms with Gasteiger partial charge in [-0.05, 0) is 44.4 Å². The third kappa shape index (κ3) is 1.66. The van der Waals surface area contributed by atoms with E-state index in [0.29, 0.717) is 0 Å². The predicted octanol–water partition coefficient (Wildman–Crippen LogP) is 3.68. The second-order valence-electron chi connectivity index (χ2n) is 4.01. The maximum atomic E-state index is 2.53. The molecule has 0 aromatic heterocycles. The molecule has 2 aliphatic carbocycles. The highest BCUT2D eigenvalue weighted by molar-refractivity contribution is 5.10. The molecule has 1 atom stereocenters. The molecule has 0 unspecified atom stereocenters. The highest BCUT2D eigenvalue weighted by atomic mass is 14.2. The van der Waals surface area contributed by atoms with Crippen LogP contribution in [0.2, 0.25) is 0 Å². The fourth-order valence-electron chi connectivity index (χ4n) is 2.54. The molecule has 0 nitrogen and oxygen atoms in total. The molecule has 0 radical (unpaired) electrons. The molecule has 0 N–H and O–H groups in total. The summed E-state index contributed by atoms with van der Waals surface area (Å²) in [7, 11) is 0. The van der Waals surface area contributed by atoms with Gasteiger partial charge in [0.2, 0.25) is 0 Å². The van der Waals surface area contributed by atoms with Crippen LogP contribution in [-0.4, -0.2) is 0 Å². The predicted molar refractivity (Wildman–Crippen MR) is 48.5 cm³/mol. The van der Waals surface area contributed by atoms with Crippen LogP contribution in [0.25, 0.3) is 0 Å². The first-order valence-electron chi connectivity index (χ1n) is 5.16. The van der Waals surface area contributed by atoms with Crippen molar-refractivity contribution in [3.63, 3.8) is 0 Å². The summed E-state index contributed by atoms with van der Waals surface area (Å²) in [6.07, 6.45) is 14.2. The van der Waals surface area contributed by atoms with Crippen LogP contribution in [0.5, 0.6) is 0 Å². The van der Waals surface area contributed by atoms with Gasteiger partial charge in [0.1, 0.15) is 0 Å².